The zero-order valence-corrected chi connectivity index (χ0v) is 15.9. The van der Waals surface area contributed by atoms with E-state index in [1.54, 1.807) is 23.0 Å². The fourth-order valence-electron chi connectivity index (χ4n) is 3.08. The molecule has 1 aliphatic heterocycles. The molecule has 4 heterocycles. The Morgan fingerprint density at radius 3 is 2.72 bits per heavy atom. The van der Waals surface area contributed by atoms with E-state index in [1.165, 1.54) is 0 Å². The lowest BCUT2D eigenvalue weighted by Crippen LogP contribution is -2.28. The number of hydrogen-bond acceptors (Lipinski definition) is 9. The van der Waals surface area contributed by atoms with Crippen molar-refractivity contribution in [3.63, 3.8) is 0 Å². The van der Waals surface area contributed by atoms with E-state index in [1.807, 2.05) is 0 Å². The summed E-state index contributed by atoms with van der Waals surface area (Å²) in [4.78, 5) is 21.7. The number of hydrogen-bond donors (Lipinski definition) is 3. The number of unbranched alkanes of at least 4 members (excludes halogenated alkanes) is 2. The number of aliphatic hydroxyl groups is 2. The number of nitrogens with two attached hydrogens (primary N) is 1. The molecule has 0 unspecified atom stereocenters. The number of nitrogens with zero attached hydrogens (tertiary/aromatic N) is 6. The van der Waals surface area contributed by atoms with Crippen LogP contribution in [-0.2, 0) is 4.74 Å². The molecule has 0 bridgehead atoms. The second-order valence-corrected chi connectivity index (χ2v) is 6.67. The van der Waals surface area contributed by atoms with Gasteiger partial charge in [0.15, 0.2) is 34.9 Å². The van der Waals surface area contributed by atoms with Gasteiger partial charge in [-0.15, -0.1) is 0 Å². The monoisotopic (exact) mass is 395 g/mol. The number of anilines is 1. The van der Waals surface area contributed by atoms with Crippen LogP contribution in [0.25, 0.3) is 22.8 Å². The van der Waals surface area contributed by atoms with Gasteiger partial charge in [0.05, 0.1) is 6.61 Å². The predicted octanol–water partition coefficient (Wildman–Crippen LogP) is 0.658. The molecule has 1 saturated heterocycles. The van der Waals surface area contributed by atoms with Crippen molar-refractivity contribution >= 4 is 17.0 Å². The lowest BCUT2D eigenvalue weighted by atomic mass is 10.2. The Bertz CT molecular complexity index is 1070. The van der Waals surface area contributed by atoms with Crippen molar-refractivity contribution < 1.29 is 14.9 Å². The van der Waals surface area contributed by atoms with Crippen LogP contribution in [0.4, 0.5) is 5.82 Å². The average molecular weight is 395 g/mol. The summed E-state index contributed by atoms with van der Waals surface area (Å²) < 4.78 is 7.16. The van der Waals surface area contributed by atoms with Crippen LogP contribution in [0.3, 0.4) is 0 Å². The minimum absolute atomic E-state index is 0.0230. The third-order valence-corrected chi connectivity index (χ3v) is 4.57. The van der Waals surface area contributed by atoms with Gasteiger partial charge in [-0.05, 0) is 18.4 Å². The molecule has 4 rings (SSSR count). The standard InChI is InChI=1S/C19H21N7O3/c1-2-3-4-5-7-12-23-15(20)13-17(24-12)26(19-14(28)11(27)10-29-19)18(25-13)16-21-8-6-9-22-16/h6,8-9,11,14,19,27-28H,2-4,10H2,1H3,(H2,20,23,24)/t11-,14-,19-/m1/s1. The van der Waals surface area contributed by atoms with E-state index in [9.17, 15) is 10.2 Å². The third-order valence-electron chi connectivity index (χ3n) is 4.57. The number of rotatable bonds is 4. The van der Waals surface area contributed by atoms with Gasteiger partial charge in [0.1, 0.15) is 12.2 Å². The van der Waals surface area contributed by atoms with Crippen molar-refractivity contribution in [2.45, 2.75) is 44.6 Å². The molecule has 3 aromatic heterocycles. The lowest BCUT2D eigenvalue weighted by molar-refractivity contribution is -0.0153. The highest BCUT2D eigenvalue weighted by Gasteiger charge is 2.39. The third kappa shape index (κ3) is 3.63. The minimum atomic E-state index is -1.18. The molecule has 1 fully saturated rings. The molecule has 0 radical (unpaired) electrons. The molecular formula is C19H21N7O3. The summed E-state index contributed by atoms with van der Waals surface area (Å²) in [7, 11) is 0. The highest BCUT2D eigenvalue weighted by Crippen LogP contribution is 2.33. The lowest BCUT2D eigenvalue weighted by Gasteiger charge is -2.18. The molecule has 4 N–H and O–H groups in total. The molecule has 1 aliphatic rings. The summed E-state index contributed by atoms with van der Waals surface area (Å²) in [6.45, 7) is 2.07. The number of fused-ring (bicyclic) bond motifs is 1. The summed E-state index contributed by atoms with van der Waals surface area (Å²) in [6, 6.07) is 1.68. The zero-order chi connectivity index (χ0) is 20.4. The summed E-state index contributed by atoms with van der Waals surface area (Å²) in [5.41, 5.74) is 6.77. The van der Waals surface area contributed by atoms with Gasteiger partial charge in [-0.2, -0.15) is 0 Å². The first-order valence-electron chi connectivity index (χ1n) is 9.39. The highest BCUT2D eigenvalue weighted by molar-refractivity contribution is 5.85. The van der Waals surface area contributed by atoms with Gasteiger partial charge in [0.25, 0.3) is 0 Å². The molecule has 0 amide bonds. The molecule has 3 aromatic rings. The van der Waals surface area contributed by atoms with Crippen molar-refractivity contribution in [1.82, 2.24) is 29.5 Å². The summed E-state index contributed by atoms with van der Waals surface area (Å²) >= 11 is 0. The van der Waals surface area contributed by atoms with Gasteiger partial charge < -0.3 is 20.7 Å². The van der Waals surface area contributed by atoms with E-state index in [4.69, 9.17) is 10.5 Å². The second kappa shape index (κ2) is 8.08. The molecule has 10 nitrogen and oxygen atoms in total. The van der Waals surface area contributed by atoms with Crippen LogP contribution in [0.1, 0.15) is 38.2 Å². The molecular weight excluding hydrogens is 374 g/mol. The number of ether oxygens (including phenoxy) is 1. The molecule has 0 aromatic carbocycles. The van der Waals surface area contributed by atoms with E-state index >= 15 is 0 Å². The maximum Gasteiger partial charge on any atom is 0.208 e. The fraction of sp³-hybridized carbons (Fsp3) is 0.421. The van der Waals surface area contributed by atoms with Crippen molar-refractivity contribution in [3.8, 4) is 23.5 Å². The van der Waals surface area contributed by atoms with Gasteiger partial charge >= 0.3 is 0 Å². The molecule has 0 saturated carbocycles. The number of nitrogen functional groups attached to an aromatic ring is 1. The summed E-state index contributed by atoms with van der Waals surface area (Å²) in [6.07, 6.45) is 2.78. The fourth-order valence-corrected chi connectivity index (χ4v) is 3.08. The van der Waals surface area contributed by atoms with Crippen molar-refractivity contribution in [2.75, 3.05) is 12.3 Å². The van der Waals surface area contributed by atoms with Crippen LogP contribution >= 0.6 is 0 Å². The van der Waals surface area contributed by atoms with Crippen LogP contribution in [0, 0.1) is 11.8 Å². The summed E-state index contributed by atoms with van der Waals surface area (Å²) in [5.74, 6) is 6.96. The van der Waals surface area contributed by atoms with Gasteiger partial charge in [-0.3, -0.25) is 4.57 Å². The predicted molar refractivity (Wildman–Crippen MR) is 104 cm³/mol. The van der Waals surface area contributed by atoms with Gasteiger partial charge in [0.2, 0.25) is 5.82 Å². The Hall–Kier alpha value is -3.13. The maximum atomic E-state index is 10.4. The second-order valence-electron chi connectivity index (χ2n) is 6.67. The molecule has 10 heteroatoms. The Labute approximate surface area is 166 Å². The van der Waals surface area contributed by atoms with Crippen molar-refractivity contribution in [1.29, 1.82) is 0 Å². The largest absolute Gasteiger partial charge is 0.388 e. The molecule has 0 spiro atoms. The Balaban J connectivity index is 1.89. The quantitative estimate of drug-likeness (QED) is 0.428. The molecule has 0 aliphatic carbocycles. The van der Waals surface area contributed by atoms with Crippen LogP contribution in [-0.4, -0.2) is 58.5 Å². The summed E-state index contributed by atoms with van der Waals surface area (Å²) in [5, 5.41) is 20.4. The van der Waals surface area contributed by atoms with Crippen LogP contribution in [0.2, 0.25) is 0 Å². The van der Waals surface area contributed by atoms with Crippen LogP contribution in [0.15, 0.2) is 18.5 Å². The molecule has 29 heavy (non-hydrogen) atoms. The molecule has 3 atom stereocenters. The van der Waals surface area contributed by atoms with E-state index in [-0.39, 0.29) is 18.2 Å². The highest BCUT2D eigenvalue weighted by atomic mass is 16.5. The Morgan fingerprint density at radius 1 is 1.24 bits per heavy atom. The topological polar surface area (TPSA) is 145 Å². The van der Waals surface area contributed by atoms with Gasteiger partial charge in [0, 0.05) is 18.8 Å². The van der Waals surface area contributed by atoms with E-state index in [0.717, 1.165) is 19.3 Å². The first kappa shape index (κ1) is 19.2. The van der Waals surface area contributed by atoms with Crippen LogP contribution < -0.4 is 5.73 Å². The van der Waals surface area contributed by atoms with E-state index in [0.29, 0.717) is 22.8 Å². The Kier molecular flexibility index (Phi) is 5.35. The SMILES string of the molecule is CCCCC#Cc1nc(N)c2nc(-c3ncccn3)n([C@@H]3OC[C@@H](O)[C@H]3O)c2n1. The van der Waals surface area contributed by atoms with E-state index < -0.39 is 18.4 Å². The number of aromatic nitrogens is 6. The Morgan fingerprint density at radius 2 is 2.03 bits per heavy atom. The molecule has 150 valence electrons. The van der Waals surface area contributed by atoms with Crippen molar-refractivity contribution in [3.05, 3.63) is 24.3 Å². The number of imidazole rings is 1. The maximum absolute atomic E-state index is 10.4. The average Bonchev–Trinajstić information content (AvgIpc) is 3.26. The minimum Gasteiger partial charge on any atom is -0.388 e. The van der Waals surface area contributed by atoms with Gasteiger partial charge in [-0.1, -0.05) is 19.3 Å². The van der Waals surface area contributed by atoms with Crippen LogP contribution in [0.5, 0.6) is 0 Å². The van der Waals surface area contributed by atoms with Gasteiger partial charge in [-0.25, -0.2) is 24.9 Å². The van der Waals surface area contributed by atoms with E-state index in [2.05, 4.69) is 43.7 Å². The number of aliphatic hydroxyl groups excluding tert-OH is 2. The smallest absolute Gasteiger partial charge is 0.208 e. The van der Waals surface area contributed by atoms with Crippen molar-refractivity contribution in [2.24, 2.45) is 0 Å². The first-order chi connectivity index (χ1) is 14.1. The normalized spacial score (nSPS) is 21.3. The first-order valence-corrected chi connectivity index (χ1v) is 9.39. The zero-order valence-electron chi connectivity index (χ0n) is 15.9.